The number of ether oxygens (including phenoxy) is 1. The van der Waals surface area contributed by atoms with Gasteiger partial charge in [0.15, 0.2) is 5.16 Å². The number of hydrogen-bond acceptors (Lipinski definition) is 3. The number of benzene rings is 3. The molecule has 1 heterocycles. The van der Waals surface area contributed by atoms with Crippen molar-refractivity contribution in [1.82, 2.24) is 9.55 Å². The first-order valence-electron chi connectivity index (χ1n) is 10.0. The molecule has 29 heavy (non-hydrogen) atoms. The van der Waals surface area contributed by atoms with E-state index in [0.717, 1.165) is 35.1 Å². The second kappa shape index (κ2) is 9.19. The molecule has 0 aliphatic rings. The Labute approximate surface area is 176 Å². The fraction of sp³-hybridized carbons (Fsp3) is 0.240. The van der Waals surface area contributed by atoms with Crippen molar-refractivity contribution in [1.29, 1.82) is 0 Å². The van der Waals surface area contributed by atoms with E-state index < -0.39 is 0 Å². The van der Waals surface area contributed by atoms with E-state index in [9.17, 15) is 0 Å². The zero-order chi connectivity index (χ0) is 20.1. The smallest absolute Gasteiger partial charge is 0.169 e. The largest absolute Gasteiger partial charge is 0.493 e. The Morgan fingerprint density at radius 2 is 1.69 bits per heavy atom. The highest BCUT2D eigenvalue weighted by atomic mass is 32.2. The topological polar surface area (TPSA) is 27.1 Å². The summed E-state index contributed by atoms with van der Waals surface area (Å²) < 4.78 is 8.29. The molecule has 0 saturated carbocycles. The molecule has 0 N–H and O–H groups in total. The van der Waals surface area contributed by atoms with Crippen LogP contribution in [0.5, 0.6) is 5.75 Å². The summed E-state index contributed by atoms with van der Waals surface area (Å²) in [5.41, 5.74) is 6.15. The first-order chi connectivity index (χ1) is 14.2. The molecule has 0 spiro atoms. The monoisotopic (exact) mass is 402 g/mol. The lowest BCUT2D eigenvalue weighted by Gasteiger charge is -2.10. The van der Waals surface area contributed by atoms with Gasteiger partial charge in [-0.2, -0.15) is 0 Å². The lowest BCUT2D eigenvalue weighted by molar-refractivity contribution is 0.343. The van der Waals surface area contributed by atoms with Crippen LogP contribution in [0.3, 0.4) is 0 Å². The van der Waals surface area contributed by atoms with Gasteiger partial charge in [0.1, 0.15) is 5.75 Å². The number of thioether (sulfide) groups is 1. The fourth-order valence-corrected chi connectivity index (χ4v) is 4.22. The number of imidazole rings is 1. The van der Waals surface area contributed by atoms with Gasteiger partial charge in [0, 0.05) is 12.3 Å². The molecule has 4 aromatic rings. The summed E-state index contributed by atoms with van der Waals surface area (Å²) in [6.07, 6.45) is 0.994. The number of nitrogens with zero attached hydrogens (tertiary/aromatic N) is 2. The Morgan fingerprint density at radius 3 is 2.52 bits per heavy atom. The Kier molecular flexibility index (Phi) is 6.20. The van der Waals surface area contributed by atoms with E-state index in [4.69, 9.17) is 9.72 Å². The molecule has 0 unspecified atom stereocenters. The van der Waals surface area contributed by atoms with Gasteiger partial charge in [0.2, 0.25) is 0 Å². The highest BCUT2D eigenvalue weighted by Crippen LogP contribution is 2.25. The normalized spacial score (nSPS) is 11.1. The van der Waals surface area contributed by atoms with Crippen LogP contribution in [0.4, 0.5) is 0 Å². The molecule has 148 valence electrons. The van der Waals surface area contributed by atoms with E-state index in [1.165, 1.54) is 22.2 Å². The number of rotatable bonds is 8. The molecule has 0 amide bonds. The summed E-state index contributed by atoms with van der Waals surface area (Å²) in [7, 11) is 0. The van der Waals surface area contributed by atoms with Crippen LogP contribution in [-0.4, -0.2) is 21.9 Å². The second-order valence-corrected chi connectivity index (χ2v) is 8.28. The van der Waals surface area contributed by atoms with Crippen LogP contribution in [0.1, 0.15) is 16.7 Å². The average Bonchev–Trinajstić information content (AvgIpc) is 3.10. The summed E-state index contributed by atoms with van der Waals surface area (Å²) in [5, 5.41) is 1.06. The third-order valence-electron chi connectivity index (χ3n) is 5.15. The first-order valence-corrected chi connectivity index (χ1v) is 11.0. The van der Waals surface area contributed by atoms with Crippen LogP contribution in [0.15, 0.2) is 78.0 Å². The zero-order valence-corrected chi connectivity index (χ0v) is 17.8. The van der Waals surface area contributed by atoms with Gasteiger partial charge in [-0.15, -0.1) is 0 Å². The SMILES string of the molecule is Cc1ccc(OCCSc2nc3ccccc3n2CCc2ccccc2)cc1C. The van der Waals surface area contributed by atoms with Crippen molar-refractivity contribution in [3.8, 4) is 5.75 Å². The van der Waals surface area contributed by atoms with Crippen molar-refractivity contribution >= 4 is 22.8 Å². The lowest BCUT2D eigenvalue weighted by atomic mass is 10.1. The standard InChI is InChI=1S/C25H26N2OS/c1-19-12-13-22(18-20(19)2)28-16-17-29-25-26-23-10-6-7-11-24(23)27(25)15-14-21-8-4-3-5-9-21/h3-13,18H,14-17H2,1-2H3. The summed E-state index contributed by atoms with van der Waals surface area (Å²) in [4.78, 5) is 4.87. The molecule has 4 heteroatoms. The molecule has 0 saturated heterocycles. The van der Waals surface area contributed by atoms with Crippen molar-refractivity contribution in [3.63, 3.8) is 0 Å². The summed E-state index contributed by atoms with van der Waals surface area (Å²) in [6, 6.07) is 25.3. The van der Waals surface area contributed by atoms with Crippen LogP contribution < -0.4 is 4.74 Å². The average molecular weight is 403 g/mol. The minimum absolute atomic E-state index is 0.662. The van der Waals surface area contributed by atoms with E-state index >= 15 is 0 Å². The maximum atomic E-state index is 5.95. The number of aryl methyl sites for hydroxylation is 4. The predicted molar refractivity (Wildman–Crippen MR) is 122 cm³/mol. The molecule has 0 bridgehead atoms. The van der Waals surface area contributed by atoms with Crippen LogP contribution in [0.2, 0.25) is 0 Å². The number of para-hydroxylation sites is 2. The van der Waals surface area contributed by atoms with Gasteiger partial charge in [0.25, 0.3) is 0 Å². The lowest BCUT2D eigenvalue weighted by Crippen LogP contribution is -2.05. The van der Waals surface area contributed by atoms with Crippen LogP contribution in [0, 0.1) is 13.8 Å². The summed E-state index contributed by atoms with van der Waals surface area (Å²) in [6.45, 7) is 5.82. The van der Waals surface area contributed by atoms with Crippen molar-refractivity contribution in [2.45, 2.75) is 32.0 Å². The van der Waals surface area contributed by atoms with E-state index in [-0.39, 0.29) is 0 Å². The molecule has 0 radical (unpaired) electrons. The van der Waals surface area contributed by atoms with E-state index in [2.05, 4.69) is 79.1 Å². The Balaban J connectivity index is 1.42. The minimum Gasteiger partial charge on any atom is -0.493 e. The van der Waals surface area contributed by atoms with Crippen LogP contribution in [0.25, 0.3) is 11.0 Å². The van der Waals surface area contributed by atoms with E-state index in [1.807, 2.05) is 12.1 Å². The Morgan fingerprint density at radius 1 is 0.897 bits per heavy atom. The van der Waals surface area contributed by atoms with E-state index in [0.29, 0.717) is 6.61 Å². The fourth-order valence-electron chi connectivity index (χ4n) is 3.36. The molecule has 0 atom stereocenters. The molecular formula is C25H26N2OS. The molecular weight excluding hydrogens is 376 g/mol. The maximum Gasteiger partial charge on any atom is 0.169 e. The van der Waals surface area contributed by atoms with Crippen molar-refractivity contribution < 1.29 is 4.74 Å². The third kappa shape index (κ3) is 4.83. The van der Waals surface area contributed by atoms with Crippen molar-refractivity contribution in [2.75, 3.05) is 12.4 Å². The molecule has 3 aromatic carbocycles. The summed E-state index contributed by atoms with van der Waals surface area (Å²) in [5.74, 6) is 1.80. The molecule has 0 aliphatic heterocycles. The van der Waals surface area contributed by atoms with Gasteiger partial charge in [-0.3, -0.25) is 0 Å². The third-order valence-corrected chi connectivity index (χ3v) is 6.09. The Bertz CT molecular complexity index is 1090. The van der Waals surface area contributed by atoms with Crippen molar-refractivity contribution in [3.05, 3.63) is 89.5 Å². The van der Waals surface area contributed by atoms with Gasteiger partial charge < -0.3 is 9.30 Å². The highest BCUT2D eigenvalue weighted by Gasteiger charge is 2.11. The van der Waals surface area contributed by atoms with Gasteiger partial charge in [-0.05, 0) is 61.2 Å². The van der Waals surface area contributed by atoms with Gasteiger partial charge in [-0.25, -0.2) is 4.98 Å². The van der Waals surface area contributed by atoms with Crippen LogP contribution >= 0.6 is 11.8 Å². The highest BCUT2D eigenvalue weighted by molar-refractivity contribution is 7.99. The van der Waals surface area contributed by atoms with Gasteiger partial charge >= 0.3 is 0 Å². The summed E-state index contributed by atoms with van der Waals surface area (Å²) >= 11 is 1.76. The molecule has 3 nitrogen and oxygen atoms in total. The molecule has 0 fully saturated rings. The Hall–Kier alpha value is -2.72. The quantitative estimate of drug-likeness (QED) is 0.264. The zero-order valence-electron chi connectivity index (χ0n) is 17.0. The first kappa shape index (κ1) is 19.6. The number of aromatic nitrogens is 2. The van der Waals surface area contributed by atoms with Gasteiger partial charge in [-0.1, -0.05) is 60.3 Å². The van der Waals surface area contributed by atoms with Gasteiger partial charge in [0.05, 0.1) is 17.6 Å². The molecule has 1 aromatic heterocycles. The molecule has 0 aliphatic carbocycles. The minimum atomic E-state index is 0.662. The maximum absolute atomic E-state index is 5.95. The number of hydrogen-bond donors (Lipinski definition) is 0. The van der Waals surface area contributed by atoms with Crippen molar-refractivity contribution in [2.24, 2.45) is 0 Å². The predicted octanol–water partition coefficient (Wildman–Crippen LogP) is 6.07. The van der Waals surface area contributed by atoms with E-state index in [1.54, 1.807) is 11.8 Å². The number of fused-ring (bicyclic) bond motifs is 1. The van der Waals surface area contributed by atoms with Crippen LogP contribution in [-0.2, 0) is 13.0 Å². The second-order valence-electron chi connectivity index (χ2n) is 7.21. The molecule has 4 rings (SSSR count).